The lowest BCUT2D eigenvalue weighted by Gasteiger charge is -2.02. The van der Waals surface area contributed by atoms with Gasteiger partial charge >= 0.3 is 5.97 Å². The molecular formula is C12H17NO4. The monoisotopic (exact) mass is 239 g/mol. The van der Waals surface area contributed by atoms with Crippen LogP contribution in [-0.2, 0) is 4.79 Å². The van der Waals surface area contributed by atoms with Crippen LogP contribution in [0.1, 0.15) is 12.8 Å². The number of phenolic OH excluding ortho intramolecular Hbond substituents is 1. The number of nitrogens with two attached hydrogens (primary N) is 1. The van der Waals surface area contributed by atoms with Gasteiger partial charge in [0.15, 0.2) is 0 Å². The standard InChI is InChI=1S/C8H11NO2.C4H6O2/c9-5-6-11-8-3-1-7(10)2-4-8;5-4(6)3-1-2-3/h1-4,10H,5-6,9H2;3H,1-2H2,(H,5,6). The number of carbonyl (C=O) groups is 1. The highest BCUT2D eigenvalue weighted by Crippen LogP contribution is 2.28. The Labute approximate surface area is 99.8 Å². The molecule has 0 heterocycles. The number of aromatic hydroxyl groups is 1. The van der Waals surface area contributed by atoms with E-state index in [1.165, 1.54) is 0 Å². The van der Waals surface area contributed by atoms with Gasteiger partial charge in [0.2, 0.25) is 0 Å². The van der Waals surface area contributed by atoms with Gasteiger partial charge in [0.05, 0.1) is 5.92 Å². The molecule has 1 aliphatic rings. The largest absolute Gasteiger partial charge is 0.508 e. The molecule has 94 valence electrons. The van der Waals surface area contributed by atoms with Gasteiger partial charge in [-0.3, -0.25) is 4.79 Å². The fourth-order valence-electron chi connectivity index (χ4n) is 1.05. The zero-order valence-corrected chi connectivity index (χ0v) is 9.50. The molecule has 2 rings (SSSR count). The van der Waals surface area contributed by atoms with E-state index in [0.29, 0.717) is 13.2 Å². The first-order valence-corrected chi connectivity index (χ1v) is 5.48. The van der Waals surface area contributed by atoms with Gasteiger partial charge < -0.3 is 20.7 Å². The number of hydrogen-bond donors (Lipinski definition) is 3. The Hall–Kier alpha value is -1.75. The Balaban J connectivity index is 0.000000202. The Morgan fingerprint density at radius 1 is 1.35 bits per heavy atom. The highest BCUT2D eigenvalue weighted by molar-refractivity contribution is 5.72. The van der Waals surface area contributed by atoms with Crippen molar-refractivity contribution in [2.45, 2.75) is 12.8 Å². The van der Waals surface area contributed by atoms with Gasteiger partial charge in [0.25, 0.3) is 0 Å². The number of ether oxygens (including phenoxy) is 1. The maximum absolute atomic E-state index is 9.76. The maximum atomic E-state index is 9.76. The molecule has 1 aromatic rings. The van der Waals surface area contributed by atoms with E-state index in [2.05, 4.69) is 0 Å². The second-order valence-electron chi connectivity index (χ2n) is 3.74. The lowest BCUT2D eigenvalue weighted by molar-refractivity contribution is -0.138. The minimum Gasteiger partial charge on any atom is -0.508 e. The third kappa shape index (κ3) is 5.77. The number of aliphatic carboxylic acids is 1. The molecule has 1 aliphatic carbocycles. The van der Waals surface area contributed by atoms with E-state index in [1.54, 1.807) is 24.3 Å². The summed E-state index contributed by atoms with van der Waals surface area (Å²) >= 11 is 0. The van der Waals surface area contributed by atoms with E-state index >= 15 is 0 Å². The second-order valence-corrected chi connectivity index (χ2v) is 3.74. The minimum absolute atomic E-state index is 0.0185. The fourth-order valence-corrected chi connectivity index (χ4v) is 1.05. The van der Waals surface area contributed by atoms with Crippen molar-refractivity contribution < 1.29 is 19.7 Å². The van der Waals surface area contributed by atoms with E-state index < -0.39 is 5.97 Å². The number of carboxylic acids is 1. The summed E-state index contributed by atoms with van der Waals surface area (Å²) in [5.41, 5.74) is 5.23. The van der Waals surface area contributed by atoms with Crippen LogP contribution in [0.2, 0.25) is 0 Å². The number of phenols is 1. The van der Waals surface area contributed by atoms with E-state index in [-0.39, 0.29) is 11.7 Å². The van der Waals surface area contributed by atoms with Gasteiger partial charge in [-0.05, 0) is 37.1 Å². The van der Waals surface area contributed by atoms with Crippen LogP contribution in [0.15, 0.2) is 24.3 Å². The highest BCUT2D eigenvalue weighted by atomic mass is 16.5. The normalized spacial score (nSPS) is 13.5. The van der Waals surface area contributed by atoms with Crippen LogP contribution < -0.4 is 10.5 Å². The van der Waals surface area contributed by atoms with Crippen molar-refractivity contribution in [2.75, 3.05) is 13.2 Å². The Morgan fingerprint density at radius 2 is 1.94 bits per heavy atom. The van der Waals surface area contributed by atoms with Crippen molar-refractivity contribution in [1.29, 1.82) is 0 Å². The second kappa shape index (κ2) is 6.75. The number of carboxylic acid groups (broad SMARTS) is 1. The first-order chi connectivity index (χ1) is 8.13. The summed E-state index contributed by atoms with van der Waals surface area (Å²) in [5.74, 6) is 0.360. The summed E-state index contributed by atoms with van der Waals surface area (Å²) in [5, 5.41) is 17.0. The summed E-state index contributed by atoms with van der Waals surface area (Å²) in [6.07, 6.45) is 1.80. The van der Waals surface area contributed by atoms with Crippen LogP contribution in [-0.4, -0.2) is 29.3 Å². The van der Waals surface area contributed by atoms with Gasteiger partial charge in [0.1, 0.15) is 18.1 Å². The topological polar surface area (TPSA) is 92.8 Å². The Morgan fingerprint density at radius 3 is 2.29 bits per heavy atom. The molecule has 1 aromatic carbocycles. The van der Waals surface area contributed by atoms with Crippen molar-refractivity contribution in [1.82, 2.24) is 0 Å². The lowest BCUT2D eigenvalue weighted by Crippen LogP contribution is -2.10. The molecule has 0 amide bonds. The fraction of sp³-hybridized carbons (Fsp3) is 0.417. The third-order valence-corrected chi connectivity index (χ3v) is 2.15. The van der Waals surface area contributed by atoms with Crippen molar-refractivity contribution >= 4 is 5.97 Å². The zero-order valence-electron chi connectivity index (χ0n) is 9.50. The molecule has 0 aromatic heterocycles. The van der Waals surface area contributed by atoms with Crippen LogP contribution in [0.5, 0.6) is 11.5 Å². The quantitative estimate of drug-likeness (QED) is 0.734. The van der Waals surface area contributed by atoms with Gasteiger partial charge in [-0.2, -0.15) is 0 Å². The molecule has 0 spiro atoms. The minimum atomic E-state index is -0.630. The average molecular weight is 239 g/mol. The Kier molecular flexibility index (Phi) is 5.29. The van der Waals surface area contributed by atoms with Crippen molar-refractivity contribution in [3.8, 4) is 11.5 Å². The van der Waals surface area contributed by atoms with Crippen LogP contribution in [0.3, 0.4) is 0 Å². The first kappa shape index (κ1) is 13.3. The SMILES string of the molecule is NCCOc1ccc(O)cc1.O=C(O)C1CC1. The van der Waals surface area contributed by atoms with Crippen LogP contribution in [0.4, 0.5) is 0 Å². The van der Waals surface area contributed by atoms with Gasteiger partial charge in [-0.1, -0.05) is 0 Å². The van der Waals surface area contributed by atoms with Crippen LogP contribution in [0.25, 0.3) is 0 Å². The summed E-state index contributed by atoms with van der Waals surface area (Å²) in [6.45, 7) is 1.01. The molecule has 4 N–H and O–H groups in total. The zero-order chi connectivity index (χ0) is 12.7. The van der Waals surface area contributed by atoms with Crippen molar-refractivity contribution in [3.63, 3.8) is 0 Å². The van der Waals surface area contributed by atoms with E-state index in [9.17, 15) is 4.79 Å². The molecule has 0 radical (unpaired) electrons. The predicted molar refractivity (Wildman–Crippen MR) is 63.0 cm³/mol. The molecule has 1 saturated carbocycles. The van der Waals surface area contributed by atoms with Crippen molar-refractivity contribution in [2.24, 2.45) is 11.7 Å². The summed E-state index contributed by atoms with van der Waals surface area (Å²) in [7, 11) is 0. The molecule has 5 nitrogen and oxygen atoms in total. The molecule has 0 bridgehead atoms. The summed E-state index contributed by atoms with van der Waals surface area (Å²) < 4.78 is 5.17. The first-order valence-electron chi connectivity index (χ1n) is 5.48. The average Bonchev–Trinajstić information content (AvgIpc) is 3.13. The van der Waals surface area contributed by atoms with Gasteiger partial charge in [-0.25, -0.2) is 0 Å². The maximum Gasteiger partial charge on any atom is 0.306 e. The predicted octanol–water partition coefficient (Wildman–Crippen LogP) is 1.21. The third-order valence-electron chi connectivity index (χ3n) is 2.15. The molecule has 17 heavy (non-hydrogen) atoms. The number of hydrogen-bond acceptors (Lipinski definition) is 4. The summed E-state index contributed by atoms with van der Waals surface area (Å²) in [4.78, 5) is 9.76. The van der Waals surface area contributed by atoms with Crippen LogP contribution in [0, 0.1) is 5.92 Å². The van der Waals surface area contributed by atoms with Gasteiger partial charge in [0, 0.05) is 6.54 Å². The number of benzene rings is 1. The van der Waals surface area contributed by atoms with Crippen LogP contribution >= 0.6 is 0 Å². The Bertz CT molecular complexity index is 346. The highest BCUT2D eigenvalue weighted by Gasteiger charge is 2.28. The molecule has 1 fully saturated rings. The smallest absolute Gasteiger partial charge is 0.306 e. The van der Waals surface area contributed by atoms with E-state index in [0.717, 1.165) is 18.6 Å². The molecule has 0 aliphatic heterocycles. The molecule has 0 unspecified atom stereocenters. The molecular weight excluding hydrogens is 222 g/mol. The molecule has 5 heteroatoms. The number of rotatable bonds is 4. The molecule has 0 saturated heterocycles. The van der Waals surface area contributed by atoms with E-state index in [4.69, 9.17) is 20.7 Å². The van der Waals surface area contributed by atoms with E-state index in [1.807, 2.05) is 0 Å². The molecule has 0 atom stereocenters. The lowest BCUT2D eigenvalue weighted by atomic mass is 10.3. The van der Waals surface area contributed by atoms with Crippen molar-refractivity contribution in [3.05, 3.63) is 24.3 Å². The summed E-state index contributed by atoms with van der Waals surface area (Å²) in [6, 6.07) is 6.55. The van der Waals surface area contributed by atoms with Gasteiger partial charge in [-0.15, -0.1) is 0 Å².